The van der Waals surface area contributed by atoms with Gasteiger partial charge in [-0.15, -0.1) is 0 Å². The van der Waals surface area contributed by atoms with E-state index < -0.39 is 21.9 Å². The SMILES string of the molecule is CNS(=O)(=O)c1cc(C(=O)NCC(C)CC(=O)O)c(C)o1. The van der Waals surface area contributed by atoms with Gasteiger partial charge in [-0.25, -0.2) is 13.1 Å². The van der Waals surface area contributed by atoms with Gasteiger partial charge in [-0.1, -0.05) is 6.92 Å². The predicted molar refractivity (Wildman–Crippen MR) is 73.4 cm³/mol. The van der Waals surface area contributed by atoms with E-state index in [0.717, 1.165) is 6.07 Å². The third-order valence-electron chi connectivity index (χ3n) is 2.81. The molecule has 0 bridgehead atoms. The average molecular weight is 318 g/mol. The Bertz CT molecular complexity index is 634. The Kier molecular flexibility index (Phi) is 5.50. The monoisotopic (exact) mass is 318 g/mol. The smallest absolute Gasteiger partial charge is 0.303 e. The van der Waals surface area contributed by atoms with Crippen LogP contribution in [0.5, 0.6) is 0 Å². The van der Waals surface area contributed by atoms with Crippen molar-refractivity contribution in [1.29, 1.82) is 0 Å². The summed E-state index contributed by atoms with van der Waals surface area (Å²) in [5.74, 6) is -1.52. The van der Waals surface area contributed by atoms with Gasteiger partial charge in [0.2, 0.25) is 5.09 Å². The highest BCUT2D eigenvalue weighted by Crippen LogP contribution is 2.18. The van der Waals surface area contributed by atoms with Crippen LogP contribution in [0.1, 0.15) is 29.5 Å². The summed E-state index contributed by atoms with van der Waals surface area (Å²) >= 11 is 0. The number of carbonyl (C=O) groups excluding carboxylic acids is 1. The molecule has 0 saturated heterocycles. The summed E-state index contributed by atoms with van der Waals surface area (Å²) in [7, 11) is -2.52. The standard InChI is InChI=1S/C12H18N2O6S/c1-7(4-10(15)16)6-14-12(17)9-5-11(20-8(9)2)21(18,19)13-3/h5,7,13H,4,6H2,1-3H3,(H,14,17)(H,15,16). The summed E-state index contributed by atoms with van der Waals surface area (Å²) in [6, 6.07) is 1.14. The van der Waals surface area contributed by atoms with Crippen LogP contribution in [-0.4, -0.2) is 39.0 Å². The van der Waals surface area contributed by atoms with Crippen molar-refractivity contribution in [2.24, 2.45) is 5.92 Å². The molecule has 1 rings (SSSR count). The zero-order valence-corrected chi connectivity index (χ0v) is 12.8. The molecule has 3 N–H and O–H groups in total. The molecule has 0 fully saturated rings. The highest BCUT2D eigenvalue weighted by atomic mass is 32.2. The summed E-state index contributed by atoms with van der Waals surface area (Å²) in [6.45, 7) is 3.33. The topological polar surface area (TPSA) is 126 Å². The quantitative estimate of drug-likeness (QED) is 0.665. The molecular formula is C12H18N2O6S. The molecular weight excluding hydrogens is 300 g/mol. The summed E-state index contributed by atoms with van der Waals surface area (Å²) < 4.78 is 30.3. The number of hydrogen-bond acceptors (Lipinski definition) is 5. The molecule has 0 aliphatic rings. The van der Waals surface area contributed by atoms with Crippen molar-refractivity contribution >= 4 is 21.9 Å². The van der Waals surface area contributed by atoms with Crippen LogP contribution in [0.25, 0.3) is 0 Å². The van der Waals surface area contributed by atoms with Crippen molar-refractivity contribution in [2.45, 2.75) is 25.4 Å². The van der Waals surface area contributed by atoms with Gasteiger partial charge in [0.25, 0.3) is 15.9 Å². The normalized spacial score (nSPS) is 12.9. The number of sulfonamides is 1. The lowest BCUT2D eigenvalue weighted by atomic mass is 10.1. The van der Waals surface area contributed by atoms with E-state index in [1.807, 2.05) is 0 Å². The number of nitrogens with one attached hydrogen (secondary N) is 2. The van der Waals surface area contributed by atoms with Crippen molar-refractivity contribution in [1.82, 2.24) is 10.0 Å². The Morgan fingerprint density at radius 2 is 2.05 bits per heavy atom. The number of aryl methyl sites for hydroxylation is 1. The van der Waals surface area contributed by atoms with Gasteiger partial charge in [-0.2, -0.15) is 0 Å². The van der Waals surface area contributed by atoms with Gasteiger partial charge in [0, 0.05) is 19.0 Å². The Hall–Kier alpha value is -1.87. The number of rotatable bonds is 7. The molecule has 1 heterocycles. The van der Waals surface area contributed by atoms with Gasteiger partial charge in [0.05, 0.1) is 5.56 Å². The van der Waals surface area contributed by atoms with Gasteiger partial charge in [-0.05, 0) is 19.9 Å². The van der Waals surface area contributed by atoms with Crippen molar-refractivity contribution in [3.63, 3.8) is 0 Å². The molecule has 0 aliphatic carbocycles. The average Bonchev–Trinajstić information content (AvgIpc) is 2.78. The van der Waals surface area contributed by atoms with E-state index in [1.165, 1.54) is 14.0 Å². The van der Waals surface area contributed by atoms with Gasteiger partial charge in [-0.3, -0.25) is 9.59 Å². The van der Waals surface area contributed by atoms with Crippen LogP contribution in [-0.2, 0) is 14.8 Å². The molecule has 9 heteroatoms. The minimum Gasteiger partial charge on any atom is -0.481 e. The van der Waals surface area contributed by atoms with Crippen LogP contribution in [0.3, 0.4) is 0 Å². The summed E-state index contributed by atoms with van der Waals surface area (Å²) in [4.78, 5) is 22.5. The molecule has 0 aliphatic heterocycles. The fraction of sp³-hybridized carbons (Fsp3) is 0.500. The van der Waals surface area contributed by atoms with E-state index in [1.54, 1.807) is 6.92 Å². The largest absolute Gasteiger partial charge is 0.481 e. The van der Waals surface area contributed by atoms with Crippen molar-refractivity contribution in [3.05, 3.63) is 17.4 Å². The van der Waals surface area contributed by atoms with Crippen LogP contribution in [0.4, 0.5) is 0 Å². The summed E-state index contributed by atoms with van der Waals surface area (Å²) in [5, 5.41) is 10.8. The Morgan fingerprint density at radius 1 is 1.43 bits per heavy atom. The van der Waals surface area contributed by atoms with Crippen LogP contribution in [0, 0.1) is 12.8 Å². The minimum absolute atomic E-state index is 0.0654. The maximum atomic E-state index is 12.0. The van der Waals surface area contributed by atoms with Crippen molar-refractivity contribution in [2.75, 3.05) is 13.6 Å². The molecule has 0 saturated carbocycles. The first-order chi connectivity index (χ1) is 9.67. The zero-order chi connectivity index (χ0) is 16.2. The molecule has 1 amide bonds. The third kappa shape index (κ3) is 4.57. The Morgan fingerprint density at radius 3 is 2.57 bits per heavy atom. The van der Waals surface area contributed by atoms with Crippen molar-refractivity contribution in [3.8, 4) is 0 Å². The number of carboxylic acid groups (broad SMARTS) is 1. The number of carbonyl (C=O) groups is 2. The van der Waals surface area contributed by atoms with Gasteiger partial charge >= 0.3 is 5.97 Å². The van der Waals surface area contributed by atoms with Crippen LogP contribution >= 0.6 is 0 Å². The Labute approximate surface area is 122 Å². The molecule has 1 aromatic heterocycles. The van der Waals surface area contributed by atoms with E-state index in [0.29, 0.717) is 0 Å². The number of carboxylic acids is 1. The first-order valence-corrected chi connectivity index (χ1v) is 7.69. The van der Waals surface area contributed by atoms with Crippen molar-refractivity contribution < 1.29 is 27.5 Å². The maximum absolute atomic E-state index is 12.0. The molecule has 1 unspecified atom stereocenters. The lowest BCUT2D eigenvalue weighted by molar-refractivity contribution is -0.137. The number of furan rings is 1. The minimum atomic E-state index is -3.75. The van der Waals surface area contributed by atoms with E-state index in [-0.39, 0.29) is 35.3 Å². The molecule has 21 heavy (non-hydrogen) atoms. The molecule has 1 atom stereocenters. The number of amides is 1. The van der Waals surface area contributed by atoms with Crippen LogP contribution in [0.2, 0.25) is 0 Å². The van der Waals surface area contributed by atoms with E-state index >= 15 is 0 Å². The first-order valence-electron chi connectivity index (χ1n) is 6.21. The lowest BCUT2D eigenvalue weighted by Crippen LogP contribution is -2.29. The first kappa shape index (κ1) is 17.2. The summed E-state index contributed by atoms with van der Waals surface area (Å²) in [6.07, 6.45) is -0.0654. The molecule has 8 nitrogen and oxygen atoms in total. The molecule has 0 radical (unpaired) electrons. The second-order valence-corrected chi connectivity index (χ2v) is 6.47. The highest BCUT2D eigenvalue weighted by molar-refractivity contribution is 7.89. The second kappa shape index (κ2) is 6.72. The molecule has 0 aromatic carbocycles. The predicted octanol–water partition coefficient (Wildman–Crippen LogP) is 0.337. The van der Waals surface area contributed by atoms with Gasteiger partial charge in [0.15, 0.2) is 0 Å². The third-order valence-corrected chi connectivity index (χ3v) is 4.08. The van der Waals surface area contributed by atoms with Gasteiger partial charge in [0.1, 0.15) is 5.76 Å². The fourth-order valence-electron chi connectivity index (χ4n) is 1.65. The fourth-order valence-corrected chi connectivity index (χ4v) is 2.35. The highest BCUT2D eigenvalue weighted by Gasteiger charge is 2.22. The second-order valence-electron chi connectivity index (χ2n) is 4.66. The van der Waals surface area contributed by atoms with E-state index in [4.69, 9.17) is 9.52 Å². The summed E-state index contributed by atoms with van der Waals surface area (Å²) in [5.41, 5.74) is 0.103. The van der Waals surface area contributed by atoms with E-state index in [2.05, 4.69) is 10.0 Å². The number of aliphatic carboxylic acids is 1. The number of hydrogen-bond donors (Lipinski definition) is 3. The van der Waals surface area contributed by atoms with Gasteiger partial charge < -0.3 is 14.8 Å². The zero-order valence-electron chi connectivity index (χ0n) is 12.0. The lowest BCUT2D eigenvalue weighted by Gasteiger charge is -2.09. The molecule has 1 aromatic rings. The van der Waals surface area contributed by atoms with Crippen LogP contribution < -0.4 is 10.0 Å². The molecule has 118 valence electrons. The molecule has 0 spiro atoms. The maximum Gasteiger partial charge on any atom is 0.303 e. The van der Waals surface area contributed by atoms with E-state index in [9.17, 15) is 18.0 Å². The van der Waals surface area contributed by atoms with Crippen LogP contribution in [0.15, 0.2) is 15.6 Å². The Balaban J connectivity index is 2.78.